The number of aliphatic hydroxyl groups is 3. The fraction of sp³-hybridized carbons (Fsp3) is 0.611. The molecule has 0 aromatic rings. The normalized spacial score (nSPS) is 9.81. The van der Waals surface area contributed by atoms with Crippen molar-refractivity contribution in [2.75, 3.05) is 19.8 Å². The number of carboxylic acid groups (broad SMARTS) is 3. The maximum Gasteiger partial charge on any atom is 0.330 e. The Morgan fingerprint density at radius 3 is 0.926 bits per heavy atom. The summed E-state index contributed by atoms with van der Waals surface area (Å²) < 4.78 is 0. The minimum Gasteiger partial charge on any atom is -0.481 e. The average Bonchev–Trinajstić information content (AvgIpc) is 2.56. The number of aliphatic hydroxyl groups excluding tert-OH is 3. The van der Waals surface area contributed by atoms with Crippen LogP contribution in [-0.4, -0.2) is 68.4 Å². The second-order valence-corrected chi connectivity index (χ2v) is 7.00. The number of hydrogen-bond donors (Lipinski definition) is 6. The summed E-state index contributed by atoms with van der Waals surface area (Å²) in [5.41, 5.74) is -0.940. The van der Waals surface area contributed by atoms with Gasteiger partial charge in [-0.2, -0.15) is 0 Å². The van der Waals surface area contributed by atoms with Crippen LogP contribution < -0.4 is 0 Å². The molecule has 0 aliphatic rings. The monoisotopic (exact) mass is 394 g/mol. The zero-order valence-electron chi connectivity index (χ0n) is 16.9. The number of carbonyl (C=O) groups is 3. The molecule has 0 atom stereocenters. The third kappa shape index (κ3) is 26.1. The summed E-state index contributed by atoms with van der Waals surface area (Å²) in [6, 6.07) is 0. The van der Waals surface area contributed by atoms with Gasteiger partial charge in [0.15, 0.2) is 0 Å². The molecule has 160 valence electrons. The first-order chi connectivity index (χ1) is 11.9. The SMILES string of the molecule is C=C(C)C(=O)O.C=C(C)C(=O)O.CC(C)(CO)C(=O)O.CC(C)(CO)CO. The largest absolute Gasteiger partial charge is 0.481 e. The van der Waals surface area contributed by atoms with Crippen LogP contribution in [0.3, 0.4) is 0 Å². The van der Waals surface area contributed by atoms with E-state index in [0.717, 1.165) is 0 Å². The Hall–Kier alpha value is -2.23. The lowest BCUT2D eigenvalue weighted by Gasteiger charge is -2.16. The van der Waals surface area contributed by atoms with E-state index in [2.05, 4.69) is 13.2 Å². The van der Waals surface area contributed by atoms with E-state index >= 15 is 0 Å². The molecule has 0 aliphatic heterocycles. The number of hydrogen-bond acceptors (Lipinski definition) is 6. The molecular weight excluding hydrogens is 360 g/mol. The predicted octanol–water partition coefficient (Wildman–Crippen LogP) is 1.38. The van der Waals surface area contributed by atoms with E-state index in [0.29, 0.717) is 0 Å². The lowest BCUT2D eigenvalue weighted by molar-refractivity contribution is -0.149. The topological polar surface area (TPSA) is 173 Å². The fourth-order valence-corrected chi connectivity index (χ4v) is 0.118. The molecule has 0 radical (unpaired) electrons. The number of aliphatic carboxylic acids is 3. The van der Waals surface area contributed by atoms with Gasteiger partial charge in [-0.1, -0.05) is 27.0 Å². The van der Waals surface area contributed by atoms with Crippen LogP contribution in [0.25, 0.3) is 0 Å². The van der Waals surface area contributed by atoms with Gasteiger partial charge >= 0.3 is 17.9 Å². The molecule has 0 spiro atoms. The zero-order valence-corrected chi connectivity index (χ0v) is 16.9. The molecule has 0 saturated heterocycles. The van der Waals surface area contributed by atoms with Gasteiger partial charge in [-0.25, -0.2) is 9.59 Å². The van der Waals surface area contributed by atoms with Crippen molar-refractivity contribution in [3.05, 3.63) is 24.3 Å². The van der Waals surface area contributed by atoms with Crippen LogP contribution in [0.15, 0.2) is 24.3 Å². The Bertz CT molecular complexity index is 437. The Morgan fingerprint density at radius 1 is 0.704 bits per heavy atom. The van der Waals surface area contributed by atoms with E-state index in [9.17, 15) is 14.4 Å². The highest BCUT2D eigenvalue weighted by Crippen LogP contribution is 2.12. The minimum atomic E-state index is -0.986. The smallest absolute Gasteiger partial charge is 0.330 e. The first kappa shape index (κ1) is 32.4. The second-order valence-electron chi connectivity index (χ2n) is 7.00. The summed E-state index contributed by atoms with van der Waals surface area (Å²) in [7, 11) is 0. The van der Waals surface area contributed by atoms with Crippen LogP contribution in [0, 0.1) is 10.8 Å². The van der Waals surface area contributed by atoms with Crippen LogP contribution in [-0.2, 0) is 14.4 Å². The van der Waals surface area contributed by atoms with Crippen LogP contribution >= 0.6 is 0 Å². The van der Waals surface area contributed by atoms with Gasteiger partial charge in [-0.3, -0.25) is 4.79 Å². The molecule has 9 nitrogen and oxygen atoms in total. The highest BCUT2D eigenvalue weighted by Gasteiger charge is 2.25. The quantitative estimate of drug-likeness (QED) is 0.364. The van der Waals surface area contributed by atoms with Crippen molar-refractivity contribution in [3.8, 4) is 0 Å². The third-order valence-electron chi connectivity index (χ3n) is 2.56. The van der Waals surface area contributed by atoms with Crippen LogP contribution in [0.1, 0.15) is 41.5 Å². The first-order valence-electron chi connectivity index (χ1n) is 7.75. The molecule has 0 fully saturated rings. The highest BCUT2D eigenvalue weighted by atomic mass is 16.4. The van der Waals surface area contributed by atoms with Gasteiger partial charge in [0.1, 0.15) is 0 Å². The minimum absolute atomic E-state index is 0.0451. The summed E-state index contributed by atoms with van der Waals surface area (Å²) in [5.74, 6) is -2.84. The van der Waals surface area contributed by atoms with E-state index in [1.165, 1.54) is 27.7 Å². The Morgan fingerprint density at radius 2 is 0.926 bits per heavy atom. The van der Waals surface area contributed by atoms with Crippen molar-refractivity contribution in [1.29, 1.82) is 0 Å². The van der Waals surface area contributed by atoms with Crippen LogP contribution in [0.4, 0.5) is 0 Å². The van der Waals surface area contributed by atoms with Crippen molar-refractivity contribution >= 4 is 17.9 Å². The van der Waals surface area contributed by atoms with Crippen molar-refractivity contribution in [3.63, 3.8) is 0 Å². The Balaban J connectivity index is -0.000000132. The summed E-state index contributed by atoms with van der Waals surface area (Å²) >= 11 is 0. The standard InChI is InChI=1S/C5H10O3.C5H12O2.2C4H6O2/c1-5(2,3-6)4(7)8;1-5(2,3-6)4-7;2*1-3(2)4(5)6/h6H,3H2,1-2H3,(H,7,8);6-7H,3-4H2,1-2H3;2*1H2,2H3,(H,5,6). The molecule has 0 heterocycles. The Labute approximate surface area is 160 Å². The lowest BCUT2D eigenvalue weighted by atomic mass is 9.96. The zero-order chi connectivity index (χ0) is 23.0. The maximum absolute atomic E-state index is 10.1. The van der Waals surface area contributed by atoms with Crippen molar-refractivity contribution in [2.45, 2.75) is 41.5 Å². The van der Waals surface area contributed by atoms with Gasteiger partial charge < -0.3 is 30.6 Å². The van der Waals surface area contributed by atoms with E-state index in [-0.39, 0.29) is 36.4 Å². The van der Waals surface area contributed by atoms with Crippen LogP contribution in [0.2, 0.25) is 0 Å². The lowest BCUT2D eigenvalue weighted by Crippen LogP contribution is -2.27. The summed E-state index contributed by atoms with van der Waals surface area (Å²) in [6.07, 6.45) is 0. The van der Waals surface area contributed by atoms with Gasteiger partial charge in [0.25, 0.3) is 0 Å². The first-order valence-corrected chi connectivity index (χ1v) is 7.75. The summed E-state index contributed by atoms with van der Waals surface area (Å²) in [6.45, 7) is 15.5. The number of rotatable bonds is 6. The molecule has 27 heavy (non-hydrogen) atoms. The maximum atomic E-state index is 10.1. The fourth-order valence-electron chi connectivity index (χ4n) is 0.118. The molecule has 9 heteroatoms. The summed E-state index contributed by atoms with van der Waals surface area (Å²) in [4.78, 5) is 29.3. The predicted molar refractivity (Wildman–Crippen MR) is 101 cm³/mol. The molecule has 0 aromatic carbocycles. The summed E-state index contributed by atoms with van der Waals surface area (Å²) in [5, 5.41) is 49.3. The van der Waals surface area contributed by atoms with E-state index in [4.69, 9.17) is 30.6 Å². The van der Waals surface area contributed by atoms with Crippen molar-refractivity contribution in [1.82, 2.24) is 0 Å². The van der Waals surface area contributed by atoms with E-state index in [1.54, 1.807) is 13.8 Å². The molecule has 6 N–H and O–H groups in total. The number of carboxylic acids is 3. The molecular formula is C18H34O9. The molecule has 0 aromatic heterocycles. The van der Waals surface area contributed by atoms with Crippen molar-refractivity contribution < 1.29 is 45.0 Å². The molecule has 0 unspecified atom stereocenters. The molecule has 0 aliphatic carbocycles. The molecule has 0 saturated carbocycles. The third-order valence-corrected chi connectivity index (χ3v) is 2.56. The molecule has 0 amide bonds. The second kappa shape index (κ2) is 16.0. The van der Waals surface area contributed by atoms with Gasteiger partial charge in [0, 0.05) is 16.6 Å². The average molecular weight is 394 g/mol. The van der Waals surface area contributed by atoms with Crippen LogP contribution in [0.5, 0.6) is 0 Å². The van der Waals surface area contributed by atoms with E-state index in [1.807, 2.05) is 0 Å². The Kier molecular flexibility index (Phi) is 19.2. The van der Waals surface area contributed by atoms with E-state index < -0.39 is 23.3 Å². The van der Waals surface area contributed by atoms with Gasteiger partial charge in [-0.15, -0.1) is 0 Å². The highest BCUT2D eigenvalue weighted by molar-refractivity contribution is 5.85. The van der Waals surface area contributed by atoms with Gasteiger partial charge in [0.2, 0.25) is 0 Å². The van der Waals surface area contributed by atoms with Crippen molar-refractivity contribution in [2.24, 2.45) is 10.8 Å². The van der Waals surface area contributed by atoms with Gasteiger partial charge in [-0.05, 0) is 27.7 Å². The molecule has 0 bridgehead atoms. The van der Waals surface area contributed by atoms with Gasteiger partial charge in [0.05, 0.1) is 25.2 Å². The molecule has 0 rings (SSSR count).